The summed E-state index contributed by atoms with van der Waals surface area (Å²) in [4.78, 5) is 0. The lowest BCUT2D eigenvalue weighted by Gasteiger charge is -2.04. The lowest BCUT2D eigenvalue weighted by molar-refractivity contribution is 0.628. The van der Waals surface area contributed by atoms with Crippen LogP contribution in [0.15, 0.2) is 24.4 Å². The van der Waals surface area contributed by atoms with E-state index in [0.29, 0.717) is 5.02 Å². The Hall–Kier alpha value is -1.39. The van der Waals surface area contributed by atoms with Gasteiger partial charge in [-0.25, -0.2) is 4.68 Å². The average molecular weight is 277 g/mol. The highest BCUT2D eigenvalue weighted by Gasteiger charge is 2.20. The van der Waals surface area contributed by atoms with E-state index in [0.717, 1.165) is 36.0 Å². The molecule has 1 N–H and O–H groups in total. The van der Waals surface area contributed by atoms with Crippen molar-refractivity contribution in [1.82, 2.24) is 20.3 Å². The number of rotatable bonds is 5. The molecule has 4 nitrogen and oxygen atoms in total. The molecule has 1 aliphatic rings. The number of hydrogen-bond acceptors (Lipinski definition) is 3. The summed E-state index contributed by atoms with van der Waals surface area (Å²) in [5.41, 5.74) is 3.07. The Bertz CT molecular complexity index is 575. The molecule has 1 aromatic heterocycles. The van der Waals surface area contributed by atoms with Crippen LogP contribution >= 0.6 is 11.6 Å². The van der Waals surface area contributed by atoms with Gasteiger partial charge in [-0.1, -0.05) is 22.9 Å². The topological polar surface area (TPSA) is 42.7 Å². The number of benzene rings is 1. The van der Waals surface area contributed by atoms with Crippen LogP contribution < -0.4 is 5.32 Å². The van der Waals surface area contributed by atoms with Crippen LogP contribution in [0, 0.1) is 12.8 Å². The van der Waals surface area contributed by atoms with Crippen molar-refractivity contribution in [1.29, 1.82) is 0 Å². The van der Waals surface area contributed by atoms with Crippen LogP contribution in [0.2, 0.25) is 5.02 Å². The highest BCUT2D eigenvalue weighted by atomic mass is 35.5. The molecule has 0 aliphatic heterocycles. The van der Waals surface area contributed by atoms with Crippen LogP contribution in [0.5, 0.6) is 0 Å². The fourth-order valence-corrected chi connectivity index (χ4v) is 2.22. The van der Waals surface area contributed by atoms with E-state index in [2.05, 4.69) is 15.6 Å². The monoisotopic (exact) mass is 276 g/mol. The van der Waals surface area contributed by atoms with Gasteiger partial charge in [-0.2, -0.15) is 0 Å². The van der Waals surface area contributed by atoms with E-state index in [1.54, 1.807) is 4.68 Å². The van der Waals surface area contributed by atoms with E-state index in [-0.39, 0.29) is 0 Å². The van der Waals surface area contributed by atoms with Crippen LogP contribution in [-0.4, -0.2) is 21.5 Å². The van der Waals surface area contributed by atoms with Crippen LogP contribution in [-0.2, 0) is 6.54 Å². The molecule has 0 saturated heterocycles. The van der Waals surface area contributed by atoms with Crippen LogP contribution in [0.4, 0.5) is 0 Å². The molecule has 1 fully saturated rings. The summed E-state index contributed by atoms with van der Waals surface area (Å²) in [5.74, 6) is 0.880. The van der Waals surface area contributed by atoms with Gasteiger partial charge in [0.15, 0.2) is 0 Å². The third-order valence-corrected chi connectivity index (χ3v) is 3.63. The minimum atomic E-state index is 0.713. The number of hydrogen-bond donors (Lipinski definition) is 1. The summed E-state index contributed by atoms with van der Waals surface area (Å²) < 4.78 is 1.79. The van der Waals surface area contributed by atoms with Crippen LogP contribution in [0.3, 0.4) is 0 Å². The standard InChI is InChI=1S/C14H17ClN4/c1-10-2-5-12(15)6-14(10)19-9-13(17-18-19)8-16-7-11-3-4-11/h2,5-6,9,11,16H,3-4,7-8H2,1H3. The molecule has 0 bridgehead atoms. The second-order valence-corrected chi connectivity index (χ2v) is 5.60. The second-order valence-electron chi connectivity index (χ2n) is 5.16. The Labute approximate surface area is 117 Å². The highest BCUT2D eigenvalue weighted by molar-refractivity contribution is 6.30. The molecule has 1 saturated carbocycles. The predicted molar refractivity (Wildman–Crippen MR) is 75.5 cm³/mol. The van der Waals surface area contributed by atoms with Crippen LogP contribution in [0.25, 0.3) is 5.69 Å². The zero-order valence-corrected chi connectivity index (χ0v) is 11.7. The smallest absolute Gasteiger partial charge is 0.0969 e. The predicted octanol–water partition coefficient (Wildman–Crippen LogP) is 2.73. The van der Waals surface area contributed by atoms with E-state index in [4.69, 9.17) is 11.6 Å². The first-order valence-corrected chi connectivity index (χ1v) is 6.98. The van der Waals surface area contributed by atoms with Crippen molar-refractivity contribution in [3.05, 3.63) is 40.7 Å². The fraction of sp³-hybridized carbons (Fsp3) is 0.429. The lowest BCUT2D eigenvalue weighted by Crippen LogP contribution is -2.16. The molecule has 0 atom stereocenters. The van der Waals surface area contributed by atoms with E-state index in [1.165, 1.54) is 12.8 Å². The second kappa shape index (κ2) is 5.31. The molecule has 1 aromatic carbocycles. The molecule has 0 unspecified atom stereocenters. The van der Waals surface area contributed by atoms with E-state index < -0.39 is 0 Å². The molecule has 1 heterocycles. The van der Waals surface area contributed by atoms with Crippen molar-refractivity contribution in [3.8, 4) is 5.69 Å². The zero-order valence-electron chi connectivity index (χ0n) is 10.9. The summed E-state index contributed by atoms with van der Waals surface area (Å²) in [5, 5.41) is 12.5. The molecule has 0 amide bonds. The van der Waals surface area contributed by atoms with Gasteiger partial charge >= 0.3 is 0 Å². The van der Waals surface area contributed by atoms with Crippen molar-refractivity contribution < 1.29 is 0 Å². The van der Waals surface area contributed by atoms with Gasteiger partial charge in [0.05, 0.1) is 17.6 Å². The lowest BCUT2D eigenvalue weighted by atomic mass is 10.2. The molecule has 1 aliphatic carbocycles. The quantitative estimate of drug-likeness (QED) is 0.913. The molecular weight excluding hydrogens is 260 g/mol. The van der Waals surface area contributed by atoms with Crippen molar-refractivity contribution >= 4 is 11.6 Å². The minimum Gasteiger partial charge on any atom is -0.311 e. The van der Waals surface area contributed by atoms with Gasteiger partial charge in [0.1, 0.15) is 0 Å². The van der Waals surface area contributed by atoms with Gasteiger partial charge in [-0.3, -0.25) is 0 Å². The normalized spacial score (nSPS) is 14.8. The van der Waals surface area contributed by atoms with Gasteiger partial charge in [-0.05, 0) is 49.9 Å². The zero-order chi connectivity index (χ0) is 13.2. The maximum Gasteiger partial charge on any atom is 0.0969 e. The number of aromatic nitrogens is 3. The molecule has 5 heteroatoms. The van der Waals surface area contributed by atoms with Crippen molar-refractivity contribution in [2.24, 2.45) is 5.92 Å². The summed E-state index contributed by atoms with van der Waals surface area (Å²) in [6.07, 6.45) is 4.68. The largest absolute Gasteiger partial charge is 0.311 e. The van der Waals surface area contributed by atoms with E-state index in [1.807, 2.05) is 31.3 Å². The third-order valence-electron chi connectivity index (χ3n) is 3.39. The first-order valence-electron chi connectivity index (χ1n) is 6.61. The molecular formula is C14H17ClN4. The van der Waals surface area contributed by atoms with Gasteiger partial charge in [0.2, 0.25) is 0 Å². The molecule has 100 valence electrons. The number of nitrogens with one attached hydrogen (secondary N) is 1. The Morgan fingerprint density at radius 1 is 1.42 bits per heavy atom. The molecule has 3 rings (SSSR count). The first-order chi connectivity index (χ1) is 9.22. The fourth-order valence-electron chi connectivity index (χ4n) is 2.05. The maximum atomic E-state index is 6.03. The Morgan fingerprint density at radius 3 is 3.05 bits per heavy atom. The van der Waals surface area contributed by atoms with E-state index >= 15 is 0 Å². The van der Waals surface area contributed by atoms with Gasteiger partial charge in [-0.15, -0.1) is 5.10 Å². The highest BCUT2D eigenvalue weighted by Crippen LogP contribution is 2.27. The van der Waals surface area contributed by atoms with Crippen molar-refractivity contribution in [3.63, 3.8) is 0 Å². The molecule has 0 spiro atoms. The Kier molecular flexibility index (Phi) is 3.53. The number of aryl methyl sites for hydroxylation is 1. The summed E-state index contributed by atoms with van der Waals surface area (Å²) in [6, 6.07) is 5.78. The Morgan fingerprint density at radius 2 is 2.26 bits per heavy atom. The first kappa shape index (κ1) is 12.6. The minimum absolute atomic E-state index is 0.713. The van der Waals surface area contributed by atoms with Crippen molar-refractivity contribution in [2.45, 2.75) is 26.3 Å². The SMILES string of the molecule is Cc1ccc(Cl)cc1-n1cc(CNCC2CC2)nn1. The summed E-state index contributed by atoms with van der Waals surface area (Å²) in [7, 11) is 0. The summed E-state index contributed by atoms with van der Waals surface area (Å²) >= 11 is 6.03. The van der Waals surface area contributed by atoms with Gasteiger partial charge in [0.25, 0.3) is 0 Å². The van der Waals surface area contributed by atoms with Gasteiger partial charge in [0, 0.05) is 11.6 Å². The average Bonchev–Trinajstić information content (AvgIpc) is 3.10. The number of nitrogens with zero attached hydrogens (tertiary/aromatic N) is 3. The van der Waals surface area contributed by atoms with E-state index in [9.17, 15) is 0 Å². The van der Waals surface area contributed by atoms with Crippen LogP contribution in [0.1, 0.15) is 24.1 Å². The Balaban J connectivity index is 1.70. The maximum absolute atomic E-state index is 6.03. The van der Waals surface area contributed by atoms with Crippen molar-refractivity contribution in [2.75, 3.05) is 6.54 Å². The third kappa shape index (κ3) is 3.14. The van der Waals surface area contributed by atoms with Gasteiger partial charge < -0.3 is 5.32 Å². The molecule has 2 aromatic rings. The molecule has 0 radical (unpaired) electrons. The molecule has 19 heavy (non-hydrogen) atoms. The summed E-state index contributed by atoms with van der Waals surface area (Å²) in [6.45, 7) is 3.90. The number of halogens is 1.